The van der Waals surface area contributed by atoms with Crippen LogP contribution >= 0.6 is 0 Å². The van der Waals surface area contributed by atoms with Gasteiger partial charge in [-0.05, 0) is 55.5 Å². The molecule has 6 nitrogen and oxygen atoms in total. The van der Waals surface area contributed by atoms with Crippen LogP contribution in [0.2, 0.25) is 0 Å². The summed E-state index contributed by atoms with van der Waals surface area (Å²) < 4.78 is 2.03. The van der Waals surface area contributed by atoms with E-state index in [1.165, 1.54) is 0 Å². The third kappa shape index (κ3) is 7.16. The molecule has 1 atom stereocenters. The van der Waals surface area contributed by atoms with Gasteiger partial charge in [0.05, 0.1) is 6.54 Å². The molecule has 0 fully saturated rings. The first kappa shape index (κ1) is 24.5. The van der Waals surface area contributed by atoms with Crippen molar-refractivity contribution < 1.29 is 9.59 Å². The molecule has 2 aromatic rings. The van der Waals surface area contributed by atoms with Crippen LogP contribution in [0.15, 0.2) is 42.6 Å². The van der Waals surface area contributed by atoms with E-state index >= 15 is 0 Å². The second-order valence-electron chi connectivity index (χ2n) is 8.65. The number of aromatic nitrogens is 1. The molecule has 3 amide bonds. The number of urea groups is 1. The highest BCUT2D eigenvalue weighted by atomic mass is 16.2. The van der Waals surface area contributed by atoms with Crippen molar-refractivity contribution in [2.75, 3.05) is 18.4 Å². The number of anilines is 1. The summed E-state index contributed by atoms with van der Waals surface area (Å²) in [6, 6.07) is 11.6. The number of carbonyl (C=O) groups excluding carboxylic acids is 2. The minimum atomic E-state index is -0.237. The maximum Gasteiger partial charge on any atom is 0.322 e. The molecule has 0 saturated heterocycles. The van der Waals surface area contributed by atoms with E-state index in [-0.39, 0.29) is 24.5 Å². The lowest BCUT2D eigenvalue weighted by Crippen LogP contribution is -2.48. The fraction of sp³-hybridized carbons (Fsp3) is 0.520. The summed E-state index contributed by atoms with van der Waals surface area (Å²) in [5.41, 5.74) is 2.99. The maximum absolute atomic E-state index is 13.3. The smallest absolute Gasteiger partial charge is 0.322 e. The minimum Gasteiger partial charge on any atom is -0.353 e. The average molecular weight is 427 g/mol. The molecule has 0 spiro atoms. The number of rotatable bonds is 10. The van der Waals surface area contributed by atoms with E-state index in [4.69, 9.17) is 0 Å². The van der Waals surface area contributed by atoms with Crippen LogP contribution in [0.4, 0.5) is 10.5 Å². The highest BCUT2D eigenvalue weighted by Crippen LogP contribution is 2.15. The number of aryl methyl sites for hydroxylation is 2. The van der Waals surface area contributed by atoms with E-state index in [0.717, 1.165) is 29.8 Å². The third-order valence-electron chi connectivity index (χ3n) is 5.62. The fourth-order valence-corrected chi connectivity index (χ4v) is 3.51. The predicted molar refractivity (Wildman–Crippen MR) is 127 cm³/mol. The Labute approximate surface area is 187 Å². The Morgan fingerprint density at radius 2 is 1.84 bits per heavy atom. The molecule has 0 saturated carbocycles. The number of amides is 3. The van der Waals surface area contributed by atoms with E-state index in [1.807, 2.05) is 73.0 Å². The second kappa shape index (κ2) is 11.6. The molecule has 2 rings (SSSR count). The number of nitrogens with one attached hydrogen (secondary N) is 1. The lowest BCUT2D eigenvalue weighted by atomic mass is 10.1. The van der Waals surface area contributed by atoms with E-state index in [1.54, 1.807) is 4.90 Å². The van der Waals surface area contributed by atoms with Gasteiger partial charge in [-0.2, -0.15) is 0 Å². The summed E-state index contributed by atoms with van der Waals surface area (Å²) in [6.07, 6.45) is 3.66. The molecule has 170 valence electrons. The van der Waals surface area contributed by atoms with Crippen molar-refractivity contribution in [1.29, 1.82) is 0 Å². The molecular formula is C25H38N4O2. The summed E-state index contributed by atoms with van der Waals surface area (Å²) in [5.74, 6) is 0.305. The zero-order valence-electron chi connectivity index (χ0n) is 19.9. The van der Waals surface area contributed by atoms with Crippen LogP contribution in [-0.2, 0) is 24.8 Å². The molecule has 0 radical (unpaired) electrons. The van der Waals surface area contributed by atoms with Gasteiger partial charge >= 0.3 is 6.03 Å². The van der Waals surface area contributed by atoms with Gasteiger partial charge in [-0.1, -0.05) is 39.8 Å². The normalized spacial score (nSPS) is 12.0. The number of hydrogen-bond donors (Lipinski definition) is 1. The van der Waals surface area contributed by atoms with Crippen LogP contribution < -0.4 is 5.32 Å². The molecule has 1 unspecified atom stereocenters. The van der Waals surface area contributed by atoms with Crippen molar-refractivity contribution in [3.8, 4) is 0 Å². The van der Waals surface area contributed by atoms with E-state index < -0.39 is 0 Å². The number of hydrogen-bond acceptors (Lipinski definition) is 2. The second-order valence-corrected chi connectivity index (χ2v) is 8.65. The number of carbonyl (C=O) groups is 2. The van der Waals surface area contributed by atoms with Crippen molar-refractivity contribution >= 4 is 17.6 Å². The molecule has 6 heteroatoms. The summed E-state index contributed by atoms with van der Waals surface area (Å²) in [6.45, 7) is 11.6. The molecular weight excluding hydrogens is 388 g/mol. The Kier molecular flexibility index (Phi) is 9.16. The Morgan fingerprint density at radius 3 is 2.42 bits per heavy atom. The molecule has 1 aromatic heterocycles. The molecule has 0 bridgehead atoms. The minimum absolute atomic E-state index is 0.0346. The Hall–Kier alpha value is -2.76. The van der Waals surface area contributed by atoms with Crippen LogP contribution in [-0.4, -0.2) is 45.4 Å². The van der Waals surface area contributed by atoms with Gasteiger partial charge in [0.15, 0.2) is 0 Å². The van der Waals surface area contributed by atoms with Gasteiger partial charge in [0.1, 0.15) is 6.54 Å². The number of benzene rings is 1. The van der Waals surface area contributed by atoms with Crippen molar-refractivity contribution in [1.82, 2.24) is 14.4 Å². The van der Waals surface area contributed by atoms with Crippen LogP contribution in [0.5, 0.6) is 0 Å². The van der Waals surface area contributed by atoms with Gasteiger partial charge in [0.2, 0.25) is 5.91 Å². The Balaban J connectivity index is 2.16. The number of nitrogens with zero attached hydrogens (tertiary/aromatic N) is 3. The molecule has 1 heterocycles. The monoisotopic (exact) mass is 426 g/mol. The van der Waals surface area contributed by atoms with Gasteiger partial charge < -0.3 is 19.7 Å². The van der Waals surface area contributed by atoms with Crippen LogP contribution in [0.25, 0.3) is 0 Å². The summed E-state index contributed by atoms with van der Waals surface area (Å²) >= 11 is 0. The van der Waals surface area contributed by atoms with E-state index in [2.05, 4.69) is 26.1 Å². The first-order chi connectivity index (χ1) is 14.7. The molecule has 0 aliphatic rings. The first-order valence-electron chi connectivity index (χ1n) is 11.3. The Morgan fingerprint density at radius 1 is 1.10 bits per heavy atom. The zero-order valence-corrected chi connectivity index (χ0v) is 19.9. The zero-order chi connectivity index (χ0) is 23.0. The van der Waals surface area contributed by atoms with Crippen LogP contribution in [0.3, 0.4) is 0 Å². The van der Waals surface area contributed by atoms with Gasteiger partial charge in [0.25, 0.3) is 0 Å². The van der Waals surface area contributed by atoms with Crippen molar-refractivity contribution in [2.45, 2.75) is 60.0 Å². The maximum atomic E-state index is 13.3. The highest BCUT2D eigenvalue weighted by molar-refractivity contribution is 5.92. The van der Waals surface area contributed by atoms with Crippen LogP contribution in [0, 0.1) is 5.92 Å². The van der Waals surface area contributed by atoms with E-state index in [9.17, 15) is 9.59 Å². The van der Waals surface area contributed by atoms with Gasteiger partial charge in [-0.3, -0.25) is 4.79 Å². The standard InChI is InChI=1S/C25H38N4O2/c1-7-20(5)29(25(31)26-22-12-9-11-21(8-2)15-22)18-24(30)28(16-19(3)4)17-23-13-10-14-27(23)6/h9-15,19-20H,7-8,16-18H2,1-6H3,(H,26,31). The quantitative estimate of drug-likeness (QED) is 0.587. The SMILES string of the molecule is CCc1cccc(NC(=O)N(CC(=O)N(Cc2cccn2C)CC(C)C)C(C)CC)c1. The molecule has 1 N–H and O–H groups in total. The lowest BCUT2D eigenvalue weighted by molar-refractivity contribution is -0.133. The fourth-order valence-electron chi connectivity index (χ4n) is 3.51. The van der Waals surface area contributed by atoms with Gasteiger partial charge in [0, 0.05) is 37.2 Å². The van der Waals surface area contributed by atoms with Crippen molar-refractivity contribution in [3.63, 3.8) is 0 Å². The van der Waals surface area contributed by atoms with Crippen molar-refractivity contribution in [3.05, 3.63) is 53.9 Å². The molecule has 31 heavy (non-hydrogen) atoms. The molecule has 1 aromatic carbocycles. The highest BCUT2D eigenvalue weighted by Gasteiger charge is 2.25. The summed E-state index contributed by atoms with van der Waals surface area (Å²) in [4.78, 5) is 29.9. The topological polar surface area (TPSA) is 57.6 Å². The lowest BCUT2D eigenvalue weighted by Gasteiger charge is -2.32. The van der Waals surface area contributed by atoms with Crippen molar-refractivity contribution in [2.24, 2.45) is 13.0 Å². The molecule has 0 aliphatic heterocycles. The first-order valence-corrected chi connectivity index (χ1v) is 11.3. The van der Waals surface area contributed by atoms with Gasteiger partial charge in [-0.25, -0.2) is 4.79 Å². The van der Waals surface area contributed by atoms with Crippen LogP contribution in [0.1, 0.15) is 52.3 Å². The van der Waals surface area contributed by atoms with E-state index in [0.29, 0.717) is 19.0 Å². The predicted octanol–water partition coefficient (Wildman–Crippen LogP) is 4.90. The average Bonchev–Trinajstić information content (AvgIpc) is 3.14. The van der Waals surface area contributed by atoms with Gasteiger partial charge in [-0.15, -0.1) is 0 Å². The third-order valence-corrected chi connectivity index (χ3v) is 5.62. The summed E-state index contributed by atoms with van der Waals surface area (Å²) in [5, 5.41) is 2.98. The largest absolute Gasteiger partial charge is 0.353 e. The molecule has 0 aliphatic carbocycles. The Bertz CT molecular complexity index is 859. The summed E-state index contributed by atoms with van der Waals surface area (Å²) in [7, 11) is 1.98.